The van der Waals surface area contributed by atoms with Gasteiger partial charge in [-0.3, -0.25) is 4.72 Å². The molecule has 0 amide bonds. The molecule has 4 nitrogen and oxygen atoms in total. The Kier molecular flexibility index (Phi) is 3.80. The molecule has 0 aromatic heterocycles. The van der Waals surface area contributed by atoms with E-state index in [2.05, 4.69) is 4.72 Å². The third-order valence-electron chi connectivity index (χ3n) is 3.46. The summed E-state index contributed by atoms with van der Waals surface area (Å²) in [5.41, 5.74) is 1.17. The van der Waals surface area contributed by atoms with Gasteiger partial charge in [0.1, 0.15) is 5.75 Å². The maximum atomic E-state index is 12.2. The van der Waals surface area contributed by atoms with Crippen LogP contribution in [0, 0.1) is 6.92 Å². The number of anilines is 1. The zero-order chi connectivity index (χ0) is 13.2. The molecule has 0 bridgehead atoms. The van der Waals surface area contributed by atoms with Crippen molar-refractivity contribution in [1.82, 2.24) is 0 Å². The van der Waals surface area contributed by atoms with Crippen molar-refractivity contribution < 1.29 is 13.5 Å². The number of rotatable bonds is 3. The molecular weight excluding hydrogens is 250 g/mol. The Balaban J connectivity index is 2.13. The molecule has 18 heavy (non-hydrogen) atoms. The van der Waals surface area contributed by atoms with Crippen molar-refractivity contribution in [2.75, 3.05) is 4.72 Å². The molecule has 0 unspecified atom stereocenters. The summed E-state index contributed by atoms with van der Waals surface area (Å²) in [5.74, 6) is 0.110. The lowest BCUT2D eigenvalue weighted by molar-refractivity contribution is 0.471. The first kappa shape index (κ1) is 13.2. The average Bonchev–Trinajstić information content (AvgIpc) is 2.35. The molecule has 1 aliphatic rings. The van der Waals surface area contributed by atoms with Gasteiger partial charge in [-0.05, 0) is 31.4 Å². The summed E-state index contributed by atoms with van der Waals surface area (Å²) in [6, 6.07) is 4.83. The molecule has 2 rings (SSSR count). The van der Waals surface area contributed by atoms with Gasteiger partial charge in [-0.2, -0.15) is 0 Å². The number of sulfonamides is 1. The van der Waals surface area contributed by atoms with Gasteiger partial charge in [-0.1, -0.05) is 25.3 Å². The fourth-order valence-corrected chi connectivity index (χ4v) is 3.87. The monoisotopic (exact) mass is 269 g/mol. The topological polar surface area (TPSA) is 66.4 Å². The average molecular weight is 269 g/mol. The van der Waals surface area contributed by atoms with Crippen LogP contribution in [0.15, 0.2) is 18.2 Å². The minimum absolute atomic E-state index is 0.110. The summed E-state index contributed by atoms with van der Waals surface area (Å²) in [4.78, 5) is 0. The third kappa shape index (κ3) is 2.96. The van der Waals surface area contributed by atoms with Crippen LogP contribution in [-0.2, 0) is 10.0 Å². The zero-order valence-electron chi connectivity index (χ0n) is 10.5. The molecule has 0 saturated heterocycles. The highest BCUT2D eigenvalue weighted by Crippen LogP contribution is 2.27. The van der Waals surface area contributed by atoms with Crippen LogP contribution in [0.25, 0.3) is 0 Å². The van der Waals surface area contributed by atoms with E-state index >= 15 is 0 Å². The molecule has 1 aromatic carbocycles. The quantitative estimate of drug-likeness (QED) is 0.886. The van der Waals surface area contributed by atoms with Gasteiger partial charge in [0.2, 0.25) is 10.0 Å². The van der Waals surface area contributed by atoms with Gasteiger partial charge in [0.25, 0.3) is 0 Å². The Hall–Kier alpha value is -1.23. The minimum Gasteiger partial charge on any atom is -0.508 e. The molecule has 1 aliphatic carbocycles. The molecule has 0 heterocycles. The Labute approximate surface area is 108 Å². The largest absolute Gasteiger partial charge is 0.508 e. The van der Waals surface area contributed by atoms with Crippen LogP contribution in [-0.4, -0.2) is 18.8 Å². The number of hydrogen-bond donors (Lipinski definition) is 2. The lowest BCUT2D eigenvalue weighted by atomic mass is 10.0. The molecule has 0 atom stereocenters. The number of aryl methyl sites for hydroxylation is 1. The first-order valence-corrected chi connectivity index (χ1v) is 7.85. The summed E-state index contributed by atoms with van der Waals surface area (Å²) in [5, 5.41) is 9.28. The molecule has 1 fully saturated rings. The van der Waals surface area contributed by atoms with Gasteiger partial charge in [0.15, 0.2) is 0 Å². The molecule has 0 aliphatic heterocycles. The fourth-order valence-electron chi connectivity index (χ4n) is 2.30. The number of benzene rings is 1. The Bertz CT molecular complexity index is 519. The molecule has 100 valence electrons. The highest BCUT2D eigenvalue weighted by molar-refractivity contribution is 7.93. The van der Waals surface area contributed by atoms with Crippen LogP contribution in [0.5, 0.6) is 5.75 Å². The smallest absolute Gasteiger partial charge is 0.235 e. The summed E-state index contributed by atoms with van der Waals surface area (Å²) < 4.78 is 26.9. The normalized spacial score (nSPS) is 17.6. The van der Waals surface area contributed by atoms with Gasteiger partial charge in [-0.15, -0.1) is 0 Å². The molecule has 2 N–H and O–H groups in total. The predicted molar refractivity (Wildman–Crippen MR) is 72.3 cm³/mol. The molecule has 0 spiro atoms. The van der Waals surface area contributed by atoms with Crippen LogP contribution >= 0.6 is 0 Å². The number of phenols is 1. The highest BCUT2D eigenvalue weighted by Gasteiger charge is 2.27. The van der Waals surface area contributed by atoms with Crippen molar-refractivity contribution in [3.05, 3.63) is 23.8 Å². The van der Waals surface area contributed by atoms with Crippen LogP contribution in [0.1, 0.15) is 37.7 Å². The highest BCUT2D eigenvalue weighted by atomic mass is 32.2. The van der Waals surface area contributed by atoms with E-state index in [1.807, 2.05) is 0 Å². The zero-order valence-corrected chi connectivity index (χ0v) is 11.3. The Morgan fingerprint density at radius 1 is 1.22 bits per heavy atom. The second-order valence-corrected chi connectivity index (χ2v) is 6.87. The molecule has 0 radical (unpaired) electrons. The van der Waals surface area contributed by atoms with Crippen LogP contribution in [0.3, 0.4) is 0 Å². The standard InChI is InChI=1S/C13H19NO3S/c1-10-7-8-11(9-13(10)15)14-18(16,17)12-5-3-2-4-6-12/h7-9,12,14-15H,2-6H2,1H3. The second-order valence-electron chi connectivity index (χ2n) is 4.91. The summed E-state index contributed by atoms with van der Waals surface area (Å²) >= 11 is 0. The molecule has 1 aromatic rings. The Morgan fingerprint density at radius 2 is 1.89 bits per heavy atom. The van der Waals surface area contributed by atoms with Gasteiger partial charge in [0.05, 0.1) is 10.9 Å². The van der Waals surface area contributed by atoms with Crippen LogP contribution < -0.4 is 4.72 Å². The van der Waals surface area contributed by atoms with E-state index in [1.54, 1.807) is 19.1 Å². The van der Waals surface area contributed by atoms with E-state index in [1.165, 1.54) is 6.07 Å². The van der Waals surface area contributed by atoms with Crippen molar-refractivity contribution in [2.45, 2.75) is 44.3 Å². The van der Waals surface area contributed by atoms with E-state index in [-0.39, 0.29) is 11.0 Å². The first-order valence-electron chi connectivity index (χ1n) is 6.30. The summed E-state index contributed by atoms with van der Waals surface area (Å²) in [7, 11) is -3.33. The summed E-state index contributed by atoms with van der Waals surface area (Å²) in [6.45, 7) is 1.77. The van der Waals surface area contributed by atoms with Gasteiger partial charge in [-0.25, -0.2) is 8.42 Å². The first-order chi connectivity index (χ1) is 8.49. The van der Waals surface area contributed by atoms with Gasteiger partial charge < -0.3 is 5.11 Å². The molecule has 1 saturated carbocycles. The molecule has 5 heteroatoms. The van der Waals surface area contributed by atoms with Crippen molar-refractivity contribution in [3.63, 3.8) is 0 Å². The second kappa shape index (κ2) is 5.18. The van der Waals surface area contributed by atoms with E-state index in [0.717, 1.165) is 37.7 Å². The lowest BCUT2D eigenvalue weighted by Gasteiger charge is -2.22. The van der Waals surface area contributed by atoms with Gasteiger partial charge >= 0.3 is 0 Å². The number of hydrogen-bond acceptors (Lipinski definition) is 3. The van der Waals surface area contributed by atoms with E-state index < -0.39 is 10.0 Å². The van der Waals surface area contributed by atoms with E-state index in [4.69, 9.17) is 0 Å². The van der Waals surface area contributed by atoms with Crippen molar-refractivity contribution in [1.29, 1.82) is 0 Å². The summed E-state index contributed by atoms with van der Waals surface area (Å²) in [6.07, 6.45) is 4.53. The fraction of sp³-hybridized carbons (Fsp3) is 0.538. The van der Waals surface area contributed by atoms with Crippen molar-refractivity contribution in [3.8, 4) is 5.75 Å². The Morgan fingerprint density at radius 3 is 2.50 bits per heavy atom. The van der Waals surface area contributed by atoms with E-state index in [9.17, 15) is 13.5 Å². The number of phenolic OH excluding ortho intramolecular Hbond substituents is 1. The lowest BCUT2D eigenvalue weighted by Crippen LogP contribution is -2.29. The minimum atomic E-state index is -3.33. The maximum Gasteiger partial charge on any atom is 0.235 e. The van der Waals surface area contributed by atoms with Crippen LogP contribution in [0.4, 0.5) is 5.69 Å². The van der Waals surface area contributed by atoms with Crippen LogP contribution in [0.2, 0.25) is 0 Å². The maximum absolute atomic E-state index is 12.2. The predicted octanol–water partition coefficient (Wildman–Crippen LogP) is 2.78. The third-order valence-corrected chi connectivity index (χ3v) is 5.33. The number of aromatic hydroxyl groups is 1. The number of nitrogens with one attached hydrogen (secondary N) is 1. The van der Waals surface area contributed by atoms with E-state index in [0.29, 0.717) is 5.69 Å². The van der Waals surface area contributed by atoms with Crippen molar-refractivity contribution >= 4 is 15.7 Å². The SMILES string of the molecule is Cc1ccc(NS(=O)(=O)C2CCCCC2)cc1O. The molecular formula is C13H19NO3S. The van der Waals surface area contributed by atoms with Crippen molar-refractivity contribution in [2.24, 2.45) is 0 Å². The van der Waals surface area contributed by atoms with Gasteiger partial charge in [0, 0.05) is 6.07 Å².